The van der Waals surface area contributed by atoms with E-state index in [2.05, 4.69) is 5.32 Å². The molecule has 3 aromatic carbocycles. The maximum absolute atomic E-state index is 13.1. The summed E-state index contributed by atoms with van der Waals surface area (Å²) in [6.07, 6.45) is -0.0626. The average Bonchev–Trinajstić information content (AvgIpc) is 2.90. The molecular formula is C28H32Cl2N2O6S. The second kappa shape index (κ2) is 14.4. The number of carbonyl (C=O) groups is 2. The molecule has 0 fully saturated rings. The van der Waals surface area contributed by atoms with E-state index >= 15 is 0 Å². The molecule has 39 heavy (non-hydrogen) atoms. The van der Waals surface area contributed by atoms with E-state index in [9.17, 15) is 23.1 Å². The van der Waals surface area contributed by atoms with Gasteiger partial charge in [-0.3, -0.25) is 9.59 Å². The van der Waals surface area contributed by atoms with Gasteiger partial charge >= 0.3 is 5.97 Å². The normalized spacial score (nSPS) is 12.6. The molecule has 3 aromatic rings. The summed E-state index contributed by atoms with van der Waals surface area (Å²) < 4.78 is 26.2. The van der Waals surface area contributed by atoms with E-state index in [-0.39, 0.29) is 40.3 Å². The lowest BCUT2D eigenvalue weighted by Crippen LogP contribution is -2.32. The Balaban J connectivity index is 0.00000533. The predicted octanol–water partition coefficient (Wildman–Crippen LogP) is 4.79. The van der Waals surface area contributed by atoms with Crippen LogP contribution in [0.1, 0.15) is 48.4 Å². The van der Waals surface area contributed by atoms with Crippen molar-refractivity contribution in [2.24, 2.45) is 0 Å². The van der Waals surface area contributed by atoms with E-state index in [0.29, 0.717) is 18.0 Å². The van der Waals surface area contributed by atoms with Gasteiger partial charge in [-0.2, -0.15) is 5.06 Å². The number of hydrogen-bond donors (Lipinski definition) is 2. The SMILES string of the molecule is CCN(OC(C)=O)C(=O)c1ccc(S(=O)(=O)c2ccc(C[C@@H](C)NC[C@H](O)c3cccc(Cl)c3)cc2)cc1.Cl. The fraction of sp³-hybridized carbons (Fsp3) is 0.286. The summed E-state index contributed by atoms with van der Waals surface area (Å²) in [5, 5.41) is 15.2. The molecule has 3 rings (SSSR count). The molecule has 210 valence electrons. The van der Waals surface area contributed by atoms with Crippen LogP contribution in [0.25, 0.3) is 0 Å². The molecule has 0 saturated carbocycles. The number of hydroxylamine groups is 2. The maximum Gasteiger partial charge on any atom is 0.329 e. The summed E-state index contributed by atoms with van der Waals surface area (Å²) in [5.41, 5.74) is 1.87. The Morgan fingerprint density at radius 3 is 2.15 bits per heavy atom. The Labute approximate surface area is 240 Å². The van der Waals surface area contributed by atoms with Gasteiger partial charge in [0, 0.05) is 30.1 Å². The van der Waals surface area contributed by atoms with Crippen molar-refractivity contribution in [3.05, 3.63) is 94.5 Å². The number of nitrogens with one attached hydrogen (secondary N) is 1. The molecule has 0 aromatic heterocycles. The van der Waals surface area contributed by atoms with Gasteiger partial charge in [0.15, 0.2) is 0 Å². The van der Waals surface area contributed by atoms with Crippen LogP contribution in [0.4, 0.5) is 0 Å². The van der Waals surface area contributed by atoms with Crippen molar-refractivity contribution >= 4 is 45.7 Å². The summed E-state index contributed by atoms with van der Waals surface area (Å²) in [5.74, 6) is -1.16. The first-order valence-corrected chi connectivity index (χ1v) is 14.0. The fourth-order valence-corrected chi connectivity index (χ4v) is 5.30. The molecule has 0 radical (unpaired) electrons. The van der Waals surface area contributed by atoms with E-state index in [4.69, 9.17) is 16.4 Å². The standard InChI is InChI=1S/C28H31ClN2O6S.ClH/c1-4-31(37-20(3)32)28(34)22-10-14-26(15-11-22)38(35,36)25-12-8-21(9-13-25)16-19(2)30-18-27(33)23-6-5-7-24(29)17-23;/h5-15,17,19,27,30,33H,4,16,18H2,1-3H3;1H/t19-,27+;/m1./s1. The molecule has 0 heterocycles. The molecule has 0 aliphatic heterocycles. The van der Waals surface area contributed by atoms with Crippen molar-refractivity contribution in [3.8, 4) is 0 Å². The molecule has 0 aliphatic rings. The Morgan fingerprint density at radius 2 is 1.62 bits per heavy atom. The number of amides is 1. The molecule has 0 saturated heterocycles. The average molecular weight is 596 g/mol. The number of rotatable bonds is 10. The van der Waals surface area contributed by atoms with Crippen LogP contribution in [0, 0.1) is 0 Å². The lowest BCUT2D eigenvalue weighted by molar-refractivity contribution is -0.174. The van der Waals surface area contributed by atoms with Gasteiger partial charge in [-0.1, -0.05) is 35.9 Å². The van der Waals surface area contributed by atoms with E-state index in [1.165, 1.54) is 31.2 Å². The summed E-state index contributed by atoms with van der Waals surface area (Å²) in [6.45, 7) is 5.34. The number of carbonyl (C=O) groups excluding carboxylic acids is 2. The van der Waals surface area contributed by atoms with Crippen LogP contribution >= 0.6 is 24.0 Å². The predicted molar refractivity (Wildman–Crippen MR) is 152 cm³/mol. The molecular weight excluding hydrogens is 563 g/mol. The highest BCUT2D eigenvalue weighted by atomic mass is 35.5. The highest BCUT2D eigenvalue weighted by molar-refractivity contribution is 7.91. The number of aliphatic hydroxyl groups excluding tert-OH is 1. The van der Waals surface area contributed by atoms with Gasteiger partial charge in [-0.25, -0.2) is 8.42 Å². The number of nitrogens with zero attached hydrogens (tertiary/aromatic N) is 1. The third-order valence-electron chi connectivity index (χ3n) is 5.83. The smallest absolute Gasteiger partial charge is 0.329 e. The minimum atomic E-state index is -3.80. The number of aliphatic hydroxyl groups is 1. The summed E-state index contributed by atoms with van der Waals surface area (Å²) in [4.78, 5) is 28.7. The number of benzene rings is 3. The molecule has 0 unspecified atom stereocenters. The van der Waals surface area contributed by atoms with Crippen LogP contribution < -0.4 is 5.32 Å². The Morgan fingerprint density at radius 1 is 1.03 bits per heavy atom. The summed E-state index contributed by atoms with van der Waals surface area (Å²) in [7, 11) is -3.80. The van der Waals surface area contributed by atoms with Gasteiger partial charge in [0.05, 0.1) is 22.4 Å². The fourth-order valence-electron chi connectivity index (χ4n) is 3.84. The van der Waals surface area contributed by atoms with Crippen molar-refractivity contribution in [3.63, 3.8) is 0 Å². The third-order valence-corrected chi connectivity index (χ3v) is 7.85. The monoisotopic (exact) mass is 594 g/mol. The molecule has 0 aliphatic carbocycles. The minimum Gasteiger partial charge on any atom is -0.387 e. The van der Waals surface area contributed by atoms with Gasteiger partial charge in [-0.05, 0) is 79.9 Å². The quantitative estimate of drug-likeness (QED) is 0.324. The van der Waals surface area contributed by atoms with Crippen molar-refractivity contribution in [2.45, 2.75) is 49.1 Å². The van der Waals surface area contributed by atoms with Gasteiger partial charge in [0.1, 0.15) is 0 Å². The molecule has 1 amide bonds. The number of hydrogen-bond acceptors (Lipinski definition) is 7. The van der Waals surface area contributed by atoms with E-state index in [1.54, 1.807) is 49.4 Å². The van der Waals surface area contributed by atoms with Crippen molar-refractivity contribution in [2.75, 3.05) is 13.1 Å². The summed E-state index contributed by atoms with van der Waals surface area (Å²) in [6, 6.07) is 19.2. The zero-order chi connectivity index (χ0) is 27.9. The van der Waals surface area contributed by atoms with Crippen LogP contribution in [0.2, 0.25) is 5.02 Å². The first-order valence-electron chi connectivity index (χ1n) is 12.1. The lowest BCUT2D eigenvalue weighted by atomic mass is 10.1. The van der Waals surface area contributed by atoms with E-state index < -0.39 is 27.8 Å². The Bertz CT molecular complexity index is 1370. The molecule has 11 heteroatoms. The second-order valence-electron chi connectivity index (χ2n) is 8.84. The van der Waals surface area contributed by atoms with Gasteiger partial charge < -0.3 is 15.3 Å². The first kappa shape index (κ1) is 32.3. The maximum atomic E-state index is 13.1. The molecule has 2 N–H and O–H groups in total. The van der Waals surface area contributed by atoms with Crippen LogP contribution in [-0.4, -0.2) is 49.6 Å². The second-order valence-corrected chi connectivity index (χ2v) is 11.2. The number of halogens is 2. The molecule has 2 atom stereocenters. The van der Waals surface area contributed by atoms with E-state index in [1.807, 2.05) is 13.0 Å². The molecule has 8 nitrogen and oxygen atoms in total. The minimum absolute atomic E-state index is 0. The van der Waals surface area contributed by atoms with Crippen LogP contribution in [-0.2, 0) is 25.9 Å². The van der Waals surface area contributed by atoms with Crippen molar-refractivity contribution in [1.82, 2.24) is 10.4 Å². The molecule has 0 bridgehead atoms. The third kappa shape index (κ3) is 8.78. The topological polar surface area (TPSA) is 113 Å². The lowest BCUT2D eigenvalue weighted by Gasteiger charge is -2.18. The van der Waals surface area contributed by atoms with Crippen LogP contribution in [0.3, 0.4) is 0 Å². The Kier molecular flexibility index (Phi) is 11.9. The highest BCUT2D eigenvalue weighted by Gasteiger charge is 2.21. The molecule has 0 spiro atoms. The number of sulfone groups is 1. The van der Waals surface area contributed by atoms with Crippen molar-refractivity contribution < 1.29 is 28.0 Å². The van der Waals surface area contributed by atoms with Gasteiger partial charge in [0.25, 0.3) is 5.91 Å². The van der Waals surface area contributed by atoms with Gasteiger partial charge in [-0.15, -0.1) is 12.4 Å². The van der Waals surface area contributed by atoms with Crippen LogP contribution in [0.5, 0.6) is 0 Å². The van der Waals surface area contributed by atoms with E-state index in [0.717, 1.165) is 16.2 Å². The largest absolute Gasteiger partial charge is 0.387 e. The van der Waals surface area contributed by atoms with Gasteiger partial charge in [0.2, 0.25) is 9.84 Å². The zero-order valence-electron chi connectivity index (χ0n) is 21.8. The zero-order valence-corrected chi connectivity index (χ0v) is 24.2. The Hall–Kier alpha value is -2.95. The summed E-state index contributed by atoms with van der Waals surface area (Å²) >= 11 is 5.99. The highest BCUT2D eigenvalue weighted by Crippen LogP contribution is 2.23. The van der Waals surface area contributed by atoms with Crippen LogP contribution in [0.15, 0.2) is 82.6 Å². The van der Waals surface area contributed by atoms with Crippen molar-refractivity contribution in [1.29, 1.82) is 0 Å². The first-order chi connectivity index (χ1) is 18.0.